The lowest BCUT2D eigenvalue weighted by Crippen LogP contribution is -2.34. The summed E-state index contributed by atoms with van der Waals surface area (Å²) in [4.78, 5) is 0. The normalized spacial score (nSPS) is 18.1. The van der Waals surface area contributed by atoms with Crippen LogP contribution in [0, 0.1) is 6.92 Å². The first-order valence-electron chi connectivity index (χ1n) is 9.47. The zero-order valence-electron chi connectivity index (χ0n) is 16.9. The van der Waals surface area contributed by atoms with Crippen LogP contribution in [0.4, 0.5) is 0 Å². The minimum atomic E-state index is -1.48. The van der Waals surface area contributed by atoms with E-state index in [2.05, 4.69) is 51.9 Å². The minimum Gasteiger partial charge on any atom is -0.423 e. The van der Waals surface area contributed by atoms with Gasteiger partial charge >= 0.3 is 7.12 Å². The van der Waals surface area contributed by atoms with E-state index >= 15 is 0 Å². The molecule has 27 heavy (non-hydrogen) atoms. The van der Waals surface area contributed by atoms with Gasteiger partial charge in [-0.2, -0.15) is 5.10 Å². The van der Waals surface area contributed by atoms with Gasteiger partial charge in [0, 0.05) is 11.1 Å². The second-order valence-corrected chi connectivity index (χ2v) is 8.95. The van der Waals surface area contributed by atoms with Gasteiger partial charge in [0.2, 0.25) is 0 Å². The molecule has 0 bridgehead atoms. The summed E-state index contributed by atoms with van der Waals surface area (Å²) in [5.74, 6) is 5.79. The predicted molar refractivity (Wildman–Crippen MR) is 113 cm³/mol. The van der Waals surface area contributed by atoms with Gasteiger partial charge in [-0.25, -0.2) is 0 Å². The number of nitrogens with two attached hydrogens (primary N) is 1. The maximum absolute atomic E-state index is 9.31. The van der Waals surface area contributed by atoms with Gasteiger partial charge in [0.25, 0.3) is 0 Å². The fourth-order valence-electron chi connectivity index (χ4n) is 4.09. The van der Waals surface area contributed by atoms with Gasteiger partial charge in [0.1, 0.15) is 0 Å². The number of rotatable bonds is 3. The van der Waals surface area contributed by atoms with Crippen LogP contribution >= 0.6 is 0 Å². The molecule has 0 aliphatic heterocycles. The first-order chi connectivity index (χ1) is 12.6. The topological polar surface area (TPSA) is 78.8 Å². The number of benzene rings is 2. The Hall–Kier alpha value is -2.11. The Kier molecular flexibility index (Phi) is 4.95. The van der Waals surface area contributed by atoms with Gasteiger partial charge < -0.3 is 15.9 Å². The number of hydrogen-bond acceptors (Lipinski definition) is 4. The maximum atomic E-state index is 9.31. The van der Waals surface area contributed by atoms with Gasteiger partial charge in [-0.3, -0.25) is 0 Å². The van der Waals surface area contributed by atoms with Crippen LogP contribution in [0.2, 0.25) is 0 Å². The molecule has 4 N–H and O–H groups in total. The Morgan fingerprint density at radius 3 is 1.96 bits per heavy atom. The lowest BCUT2D eigenvalue weighted by molar-refractivity contribution is 0.331. The molecule has 0 saturated carbocycles. The predicted octanol–water partition coefficient (Wildman–Crippen LogP) is 2.73. The van der Waals surface area contributed by atoms with E-state index < -0.39 is 7.12 Å². The second kappa shape index (κ2) is 6.81. The highest BCUT2D eigenvalue weighted by atomic mass is 16.4. The highest BCUT2D eigenvalue weighted by Crippen LogP contribution is 2.46. The van der Waals surface area contributed by atoms with Crippen molar-refractivity contribution in [2.45, 2.75) is 58.3 Å². The summed E-state index contributed by atoms with van der Waals surface area (Å²) in [6.45, 7) is 11.3. The summed E-state index contributed by atoms with van der Waals surface area (Å²) in [6.07, 6.45) is 2.32. The summed E-state index contributed by atoms with van der Waals surface area (Å²) in [5.41, 5.74) is 7.24. The van der Waals surface area contributed by atoms with Crippen molar-refractivity contribution in [3.63, 3.8) is 0 Å². The lowest BCUT2D eigenvalue weighted by atomic mass is 9.62. The molecule has 2 aromatic carbocycles. The first-order valence-corrected chi connectivity index (χ1v) is 9.47. The average Bonchev–Trinajstić information content (AvgIpc) is 2.61. The molecule has 0 unspecified atom stereocenters. The molecule has 1 aliphatic carbocycles. The molecule has 5 heteroatoms. The molecular weight excluding hydrogens is 335 g/mol. The molecule has 0 saturated heterocycles. The third kappa shape index (κ3) is 3.54. The van der Waals surface area contributed by atoms with Crippen molar-refractivity contribution >= 4 is 18.3 Å². The monoisotopic (exact) mass is 364 g/mol. The molecule has 0 aromatic heterocycles. The Bertz CT molecular complexity index is 884. The molecule has 0 fully saturated rings. The van der Waals surface area contributed by atoms with E-state index in [1.54, 1.807) is 12.1 Å². The van der Waals surface area contributed by atoms with E-state index in [-0.39, 0.29) is 10.8 Å². The lowest BCUT2D eigenvalue weighted by Gasteiger charge is -2.42. The van der Waals surface area contributed by atoms with E-state index in [0.717, 1.165) is 23.1 Å². The third-order valence-corrected chi connectivity index (χ3v) is 6.06. The molecule has 0 spiro atoms. The number of hydrogen-bond donors (Lipinski definition) is 3. The molecular formula is C22H29BN2O2. The van der Waals surface area contributed by atoms with Crippen LogP contribution in [0.3, 0.4) is 0 Å². The number of fused-ring (bicyclic) bond motifs is 1. The quantitative estimate of drug-likeness (QED) is 0.339. The van der Waals surface area contributed by atoms with Gasteiger partial charge in [-0.15, -0.1) is 0 Å². The fraction of sp³-hybridized carbons (Fsp3) is 0.409. The highest BCUT2D eigenvalue weighted by molar-refractivity contribution is 6.58. The molecule has 142 valence electrons. The minimum absolute atomic E-state index is 0.109. The van der Waals surface area contributed by atoms with Gasteiger partial charge in [0.05, 0.1) is 5.71 Å². The third-order valence-electron chi connectivity index (χ3n) is 6.06. The molecule has 2 aromatic rings. The van der Waals surface area contributed by atoms with E-state index in [1.807, 2.05) is 12.1 Å². The van der Waals surface area contributed by atoms with Crippen LogP contribution in [0.1, 0.15) is 68.4 Å². The molecule has 0 heterocycles. The van der Waals surface area contributed by atoms with Crippen LogP contribution in [0.5, 0.6) is 0 Å². The van der Waals surface area contributed by atoms with E-state index in [9.17, 15) is 10.0 Å². The van der Waals surface area contributed by atoms with Crippen molar-refractivity contribution in [3.05, 3.63) is 64.2 Å². The van der Waals surface area contributed by atoms with Crippen LogP contribution in [0.15, 0.2) is 41.5 Å². The van der Waals surface area contributed by atoms with Crippen molar-refractivity contribution in [3.8, 4) is 0 Å². The summed E-state index contributed by atoms with van der Waals surface area (Å²) in [5, 5.41) is 22.7. The average molecular weight is 364 g/mol. The summed E-state index contributed by atoms with van der Waals surface area (Å²) < 4.78 is 0. The van der Waals surface area contributed by atoms with Gasteiger partial charge in [-0.1, -0.05) is 58.0 Å². The Morgan fingerprint density at radius 1 is 0.963 bits per heavy atom. The van der Waals surface area contributed by atoms with Crippen molar-refractivity contribution in [2.75, 3.05) is 0 Å². The van der Waals surface area contributed by atoms with Crippen molar-refractivity contribution in [2.24, 2.45) is 10.9 Å². The van der Waals surface area contributed by atoms with Crippen LogP contribution < -0.4 is 11.3 Å². The molecule has 4 nitrogen and oxygen atoms in total. The zero-order chi connectivity index (χ0) is 20.0. The van der Waals surface area contributed by atoms with Crippen LogP contribution in [-0.2, 0) is 10.8 Å². The number of hydrazone groups is 1. The SMILES string of the molecule is Cc1cc2c(cc1C(=NN)c1ccc(B(O)O)cc1)C(C)(C)CCC2(C)C. The maximum Gasteiger partial charge on any atom is 0.488 e. The van der Waals surface area contributed by atoms with E-state index in [1.165, 1.54) is 17.5 Å². The molecule has 3 rings (SSSR count). The Morgan fingerprint density at radius 2 is 1.48 bits per heavy atom. The zero-order valence-corrected chi connectivity index (χ0v) is 16.9. The van der Waals surface area contributed by atoms with Crippen LogP contribution in [0.25, 0.3) is 0 Å². The molecule has 0 atom stereocenters. The van der Waals surface area contributed by atoms with Crippen molar-refractivity contribution in [1.29, 1.82) is 0 Å². The van der Waals surface area contributed by atoms with Gasteiger partial charge in [-0.05, 0) is 58.8 Å². The summed E-state index contributed by atoms with van der Waals surface area (Å²) in [6, 6.07) is 11.6. The van der Waals surface area contributed by atoms with E-state index in [0.29, 0.717) is 11.2 Å². The van der Waals surface area contributed by atoms with E-state index in [4.69, 9.17) is 5.84 Å². The van der Waals surface area contributed by atoms with Crippen molar-refractivity contribution < 1.29 is 10.0 Å². The number of nitrogens with zero attached hydrogens (tertiary/aromatic N) is 1. The molecule has 0 amide bonds. The van der Waals surface area contributed by atoms with Gasteiger partial charge in [0.15, 0.2) is 0 Å². The Labute approximate surface area is 162 Å². The highest BCUT2D eigenvalue weighted by Gasteiger charge is 2.37. The molecule has 0 radical (unpaired) electrons. The second-order valence-electron chi connectivity index (χ2n) is 8.95. The van der Waals surface area contributed by atoms with Crippen LogP contribution in [-0.4, -0.2) is 22.9 Å². The summed E-state index contributed by atoms with van der Waals surface area (Å²) in [7, 11) is -1.48. The fourth-order valence-corrected chi connectivity index (χ4v) is 4.09. The Balaban J connectivity index is 2.13. The largest absolute Gasteiger partial charge is 0.488 e. The smallest absolute Gasteiger partial charge is 0.423 e. The standard InChI is InChI=1S/C22H29BN2O2/c1-14-12-18-19(22(4,5)11-10-21(18,2)3)13-17(14)20(25-24)15-6-8-16(9-7-15)23(26)27/h6-9,12-13,26-27H,10-11,24H2,1-5H3. The first kappa shape index (κ1) is 19.7. The van der Waals surface area contributed by atoms with Crippen molar-refractivity contribution in [1.82, 2.24) is 0 Å². The molecule has 1 aliphatic rings. The number of aryl methyl sites for hydroxylation is 1. The summed E-state index contributed by atoms with van der Waals surface area (Å²) >= 11 is 0.